The average Bonchev–Trinajstić information content (AvgIpc) is 3.25. The highest BCUT2D eigenvalue weighted by atomic mass is 19.4. The van der Waals surface area contributed by atoms with E-state index in [-0.39, 0.29) is 17.7 Å². The van der Waals surface area contributed by atoms with Crippen molar-refractivity contribution in [3.8, 4) is 11.5 Å². The highest BCUT2D eigenvalue weighted by Crippen LogP contribution is 2.30. The zero-order chi connectivity index (χ0) is 19.0. The maximum absolute atomic E-state index is 12.5. The van der Waals surface area contributed by atoms with E-state index in [1.165, 1.54) is 12.5 Å². The number of ether oxygens (including phenoxy) is 1. The lowest BCUT2D eigenvalue weighted by molar-refractivity contribution is -0.141. The third kappa shape index (κ3) is 3.90. The first-order valence-electron chi connectivity index (χ1n) is 8.76. The lowest BCUT2D eigenvalue weighted by atomic mass is 9.95. The van der Waals surface area contributed by atoms with Crippen molar-refractivity contribution < 1.29 is 22.7 Å². The van der Waals surface area contributed by atoms with Crippen molar-refractivity contribution in [1.29, 1.82) is 0 Å². The first-order valence-corrected chi connectivity index (χ1v) is 8.76. The van der Waals surface area contributed by atoms with Crippen molar-refractivity contribution in [1.82, 2.24) is 15.6 Å². The van der Waals surface area contributed by atoms with Crippen molar-refractivity contribution in [3.05, 3.63) is 53.9 Å². The van der Waals surface area contributed by atoms with Crippen molar-refractivity contribution in [2.45, 2.75) is 43.6 Å². The molecular weight excluding hydrogens is 359 g/mol. The SMILES string of the molecule is O=C(NC1CC2CCC1N2)c1ccc(Oc2ccc(C(F)(F)F)nc2)cc1. The number of carbonyl (C=O) groups is 1. The third-order valence-electron chi connectivity index (χ3n) is 5.00. The molecule has 8 heteroatoms. The summed E-state index contributed by atoms with van der Waals surface area (Å²) in [5.74, 6) is 0.458. The normalized spacial score (nSPS) is 24.0. The van der Waals surface area contributed by atoms with Gasteiger partial charge in [0.05, 0.1) is 6.20 Å². The minimum absolute atomic E-state index is 0.142. The summed E-state index contributed by atoms with van der Waals surface area (Å²) in [6, 6.07) is 9.55. The molecule has 27 heavy (non-hydrogen) atoms. The van der Waals surface area contributed by atoms with Crippen LogP contribution in [0.2, 0.25) is 0 Å². The van der Waals surface area contributed by atoms with Gasteiger partial charge in [-0.2, -0.15) is 13.2 Å². The fourth-order valence-electron chi connectivity index (χ4n) is 3.65. The number of aromatic nitrogens is 1. The fraction of sp³-hybridized carbons (Fsp3) is 0.368. The molecule has 4 rings (SSSR count). The smallest absolute Gasteiger partial charge is 0.433 e. The van der Waals surface area contributed by atoms with E-state index in [2.05, 4.69) is 15.6 Å². The number of hydrogen-bond acceptors (Lipinski definition) is 4. The number of fused-ring (bicyclic) bond motifs is 2. The maximum Gasteiger partial charge on any atom is 0.433 e. The van der Waals surface area contributed by atoms with Crippen molar-refractivity contribution in [2.75, 3.05) is 0 Å². The summed E-state index contributed by atoms with van der Waals surface area (Å²) in [4.78, 5) is 15.7. The number of amides is 1. The van der Waals surface area contributed by atoms with Crippen molar-refractivity contribution >= 4 is 5.91 Å². The van der Waals surface area contributed by atoms with E-state index in [4.69, 9.17) is 4.74 Å². The van der Waals surface area contributed by atoms with Crippen LogP contribution in [-0.2, 0) is 6.18 Å². The summed E-state index contributed by atoms with van der Waals surface area (Å²) in [6.45, 7) is 0. The summed E-state index contributed by atoms with van der Waals surface area (Å²) >= 11 is 0. The second-order valence-electron chi connectivity index (χ2n) is 6.87. The third-order valence-corrected chi connectivity index (χ3v) is 5.00. The molecule has 5 nitrogen and oxygen atoms in total. The number of carbonyl (C=O) groups excluding carboxylic acids is 1. The molecule has 2 aliphatic rings. The fourth-order valence-corrected chi connectivity index (χ4v) is 3.65. The van der Waals surface area contributed by atoms with Crippen LogP contribution in [0.3, 0.4) is 0 Å². The number of halogens is 3. The molecule has 0 saturated carbocycles. The standard InChI is InChI=1S/C19H18F3N3O2/c20-19(21,22)17-8-6-14(10-23-17)27-13-4-1-11(2-5-13)18(26)25-16-9-12-3-7-15(16)24-12/h1-2,4-6,8,10,12,15-16,24H,3,7,9H2,(H,25,26). The van der Waals surface area contributed by atoms with Crippen LogP contribution in [0.25, 0.3) is 0 Å². The molecule has 3 atom stereocenters. The van der Waals surface area contributed by atoms with Crippen molar-refractivity contribution in [2.24, 2.45) is 0 Å². The molecule has 2 N–H and O–H groups in total. The number of alkyl halides is 3. The molecule has 0 radical (unpaired) electrons. The largest absolute Gasteiger partial charge is 0.456 e. The van der Waals surface area contributed by atoms with Gasteiger partial charge in [-0.3, -0.25) is 4.79 Å². The van der Waals surface area contributed by atoms with Gasteiger partial charge in [0, 0.05) is 23.7 Å². The Labute approximate surface area is 153 Å². The molecule has 2 aliphatic heterocycles. The Morgan fingerprint density at radius 3 is 2.41 bits per heavy atom. The average molecular weight is 377 g/mol. The molecule has 0 spiro atoms. The first kappa shape index (κ1) is 17.8. The topological polar surface area (TPSA) is 63.2 Å². The van der Waals surface area contributed by atoms with Crippen LogP contribution in [0.1, 0.15) is 35.3 Å². The van der Waals surface area contributed by atoms with E-state index < -0.39 is 11.9 Å². The molecule has 2 fully saturated rings. The molecule has 2 saturated heterocycles. The Hall–Kier alpha value is -2.61. The van der Waals surface area contributed by atoms with Crippen LogP contribution >= 0.6 is 0 Å². The maximum atomic E-state index is 12.5. The van der Waals surface area contributed by atoms with Gasteiger partial charge in [-0.15, -0.1) is 0 Å². The summed E-state index contributed by atoms with van der Waals surface area (Å²) in [7, 11) is 0. The summed E-state index contributed by atoms with van der Waals surface area (Å²) in [6.07, 6.45) is -0.253. The van der Waals surface area contributed by atoms with E-state index in [1.807, 2.05) is 0 Å². The minimum Gasteiger partial charge on any atom is -0.456 e. The molecule has 1 aromatic heterocycles. The molecule has 2 aromatic rings. The second-order valence-corrected chi connectivity index (χ2v) is 6.87. The van der Waals surface area contributed by atoms with Crippen LogP contribution in [-0.4, -0.2) is 29.0 Å². The second kappa shape index (κ2) is 6.84. The van der Waals surface area contributed by atoms with Gasteiger partial charge in [-0.25, -0.2) is 4.98 Å². The number of hydrogen-bond donors (Lipinski definition) is 2. The summed E-state index contributed by atoms with van der Waals surface area (Å²) in [5.41, 5.74) is -0.465. The van der Waals surface area contributed by atoms with Gasteiger partial charge < -0.3 is 15.4 Å². The minimum atomic E-state index is -4.48. The van der Waals surface area contributed by atoms with E-state index >= 15 is 0 Å². The Morgan fingerprint density at radius 2 is 1.85 bits per heavy atom. The van der Waals surface area contributed by atoms with Crippen LogP contribution in [0.4, 0.5) is 13.2 Å². The summed E-state index contributed by atoms with van der Waals surface area (Å²) in [5, 5.41) is 6.53. The molecule has 2 bridgehead atoms. The van der Waals surface area contributed by atoms with Gasteiger partial charge in [-0.1, -0.05) is 0 Å². The Balaban J connectivity index is 1.36. The van der Waals surface area contributed by atoms with Crippen LogP contribution in [0, 0.1) is 0 Å². The number of nitrogens with one attached hydrogen (secondary N) is 2. The molecule has 3 heterocycles. The van der Waals surface area contributed by atoms with Gasteiger partial charge in [0.25, 0.3) is 5.91 Å². The van der Waals surface area contributed by atoms with Gasteiger partial charge in [0.2, 0.25) is 0 Å². The van der Waals surface area contributed by atoms with Crippen LogP contribution in [0.5, 0.6) is 11.5 Å². The quantitative estimate of drug-likeness (QED) is 0.856. The first-order chi connectivity index (χ1) is 12.9. The molecule has 3 unspecified atom stereocenters. The van der Waals surface area contributed by atoms with Gasteiger partial charge in [0.1, 0.15) is 17.2 Å². The van der Waals surface area contributed by atoms with Gasteiger partial charge in [-0.05, 0) is 55.7 Å². The van der Waals surface area contributed by atoms with Crippen LogP contribution in [0.15, 0.2) is 42.6 Å². The molecular formula is C19H18F3N3O2. The van der Waals surface area contributed by atoms with Gasteiger partial charge >= 0.3 is 6.18 Å². The van der Waals surface area contributed by atoms with Crippen LogP contribution < -0.4 is 15.4 Å². The van der Waals surface area contributed by atoms with Crippen molar-refractivity contribution in [3.63, 3.8) is 0 Å². The highest BCUT2D eigenvalue weighted by Gasteiger charge is 2.39. The van der Waals surface area contributed by atoms with E-state index in [0.717, 1.165) is 25.1 Å². The molecule has 0 aliphatic carbocycles. The van der Waals surface area contributed by atoms with E-state index in [9.17, 15) is 18.0 Å². The van der Waals surface area contributed by atoms with E-state index in [0.29, 0.717) is 23.4 Å². The molecule has 1 amide bonds. The number of nitrogens with zero attached hydrogens (tertiary/aromatic N) is 1. The van der Waals surface area contributed by atoms with E-state index in [1.54, 1.807) is 24.3 Å². The summed E-state index contributed by atoms with van der Waals surface area (Å²) < 4.78 is 43.0. The zero-order valence-corrected chi connectivity index (χ0v) is 14.3. The number of rotatable bonds is 4. The highest BCUT2D eigenvalue weighted by molar-refractivity contribution is 5.94. The lowest BCUT2D eigenvalue weighted by Gasteiger charge is -2.21. The Kier molecular flexibility index (Phi) is 4.51. The Bertz CT molecular complexity index is 822. The Morgan fingerprint density at radius 1 is 1.11 bits per heavy atom. The lowest BCUT2D eigenvalue weighted by Crippen LogP contribution is -2.42. The zero-order valence-electron chi connectivity index (χ0n) is 14.3. The molecule has 142 valence electrons. The number of benzene rings is 1. The predicted molar refractivity (Wildman–Crippen MR) is 91.6 cm³/mol. The monoisotopic (exact) mass is 377 g/mol. The van der Waals surface area contributed by atoms with Gasteiger partial charge in [0.15, 0.2) is 0 Å². The molecule has 1 aromatic carbocycles. The predicted octanol–water partition coefficient (Wildman–Crippen LogP) is 3.52. The number of pyridine rings is 1.